The Labute approximate surface area is 167 Å². The predicted octanol–water partition coefficient (Wildman–Crippen LogP) is 7.08. The second-order valence-corrected chi connectivity index (χ2v) is 8.04. The number of thioether (sulfide) groups is 1. The zero-order valence-corrected chi connectivity index (χ0v) is 16.5. The average Bonchev–Trinajstić information content (AvgIpc) is 3.01. The van der Waals surface area contributed by atoms with Gasteiger partial charge in [0.15, 0.2) is 0 Å². The van der Waals surface area contributed by atoms with Crippen molar-refractivity contribution in [3.05, 3.63) is 100 Å². The summed E-state index contributed by atoms with van der Waals surface area (Å²) in [6.07, 6.45) is 2.16. The topological polar surface area (TPSA) is 4.93 Å². The number of hydrogen-bond acceptors (Lipinski definition) is 1. The van der Waals surface area contributed by atoms with Gasteiger partial charge in [0.2, 0.25) is 0 Å². The molecule has 0 unspecified atom stereocenters. The molecule has 136 valence electrons. The summed E-state index contributed by atoms with van der Waals surface area (Å²) in [5, 5.41) is 1.66. The normalized spacial score (nSPS) is 11.2. The van der Waals surface area contributed by atoms with Gasteiger partial charge in [0.1, 0.15) is 5.82 Å². The minimum absolute atomic E-state index is 0.251. The third-order valence-electron chi connectivity index (χ3n) is 4.66. The lowest BCUT2D eigenvalue weighted by Gasteiger charge is -2.06. The molecule has 0 N–H and O–H groups in total. The fourth-order valence-electron chi connectivity index (χ4n) is 3.17. The SMILES string of the molecule is Cc1ccc(Cn2cc(SCc3c(F)cccc3Cl)c3ccccc32)cc1. The quantitative estimate of drug-likeness (QED) is 0.327. The van der Waals surface area contributed by atoms with Gasteiger partial charge in [-0.05, 0) is 30.7 Å². The van der Waals surface area contributed by atoms with Crippen LogP contribution in [0.25, 0.3) is 10.9 Å². The highest BCUT2D eigenvalue weighted by atomic mass is 35.5. The smallest absolute Gasteiger partial charge is 0.128 e. The number of fused-ring (bicyclic) bond motifs is 1. The first kappa shape index (κ1) is 18.1. The summed E-state index contributed by atoms with van der Waals surface area (Å²) in [6.45, 7) is 2.90. The van der Waals surface area contributed by atoms with Crippen LogP contribution in [0.1, 0.15) is 16.7 Å². The van der Waals surface area contributed by atoms with Gasteiger partial charge in [0.25, 0.3) is 0 Å². The van der Waals surface area contributed by atoms with Crippen LogP contribution in [0, 0.1) is 12.7 Å². The van der Waals surface area contributed by atoms with E-state index in [1.165, 1.54) is 28.1 Å². The number of aromatic nitrogens is 1. The molecule has 4 aromatic rings. The number of halogens is 2. The highest BCUT2D eigenvalue weighted by Gasteiger charge is 2.12. The molecule has 0 saturated heterocycles. The average molecular weight is 396 g/mol. The van der Waals surface area contributed by atoms with Gasteiger partial charge in [0, 0.05) is 44.9 Å². The third-order valence-corrected chi connectivity index (χ3v) is 6.08. The highest BCUT2D eigenvalue weighted by molar-refractivity contribution is 7.98. The summed E-state index contributed by atoms with van der Waals surface area (Å²) in [7, 11) is 0. The Morgan fingerprint density at radius 3 is 2.52 bits per heavy atom. The van der Waals surface area contributed by atoms with Crippen LogP contribution in [0.3, 0.4) is 0 Å². The Balaban J connectivity index is 1.64. The van der Waals surface area contributed by atoms with E-state index in [2.05, 4.69) is 60.2 Å². The lowest BCUT2D eigenvalue weighted by molar-refractivity contribution is 0.617. The van der Waals surface area contributed by atoms with E-state index in [4.69, 9.17) is 11.6 Å². The van der Waals surface area contributed by atoms with Gasteiger partial charge in [-0.3, -0.25) is 0 Å². The summed E-state index contributed by atoms with van der Waals surface area (Å²) in [6, 6.07) is 21.8. The van der Waals surface area contributed by atoms with Crippen molar-refractivity contribution >= 4 is 34.3 Å². The number of aryl methyl sites for hydroxylation is 1. The predicted molar refractivity (Wildman–Crippen MR) is 113 cm³/mol. The van der Waals surface area contributed by atoms with Gasteiger partial charge in [-0.1, -0.05) is 65.7 Å². The molecular formula is C23H19ClFNS. The number of para-hydroxylation sites is 1. The van der Waals surface area contributed by atoms with Crippen LogP contribution in [0.4, 0.5) is 4.39 Å². The molecule has 0 aliphatic rings. The van der Waals surface area contributed by atoms with Crippen molar-refractivity contribution < 1.29 is 4.39 Å². The highest BCUT2D eigenvalue weighted by Crippen LogP contribution is 2.34. The first-order valence-corrected chi connectivity index (χ1v) is 10.2. The molecule has 1 nitrogen and oxygen atoms in total. The minimum atomic E-state index is -0.251. The second-order valence-electron chi connectivity index (χ2n) is 6.61. The molecule has 0 bridgehead atoms. The molecule has 0 saturated carbocycles. The number of benzene rings is 3. The molecule has 3 aromatic carbocycles. The zero-order valence-electron chi connectivity index (χ0n) is 15.0. The van der Waals surface area contributed by atoms with Gasteiger partial charge in [-0.2, -0.15) is 0 Å². The first-order valence-electron chi connectivity index (χ1n) is 8.81. The Bertz CT molecular complexity index is 1070. The fourth-order valence-corrected chi connectivity index (χ4v) is 4.60. The van der Waals surface area contributed by atoms with E-state index in [1.54, 1.807) is 23.9 Å². The summed E-state index contributed by atoms with van der Waals surface area (Å²) in [5.41, 5.74) is 4.25. The maximum Gasteiger partial charge on any atom is 0.128 e. The van der Waals surface area contributed by atoms with Crippen LogP contribution < -0.4 is 0 Å². The van der Waals surface area contributed by atoms with Crippen molar-refractivity contribution in [2.75, 3.05) is 0 Å². The van der Waals surface area contributed by atoms with E-state index in [9.17, 15) is 4.39 Å². The fraction of sp³-hybridized carbons (Fsp3) is 0.130. The Hall–Kier alpha value is -2.23. The molecule has 0 fully saturated rings. The Kier molecular flexibility index (Phi) is 5.24. The molecule has 27 heavy (non-hydrogen) atoms. The van der Waals surface area contributed by atoms with Crippen LogP contribution >= 0.6 is 23.4 Å². The van der Waals surface area contributed by atoms with E-state index < -0.39 is 0 Å². The molecule has 1 aromatic heterocycles. The lowest BCUT2D eigenvalue weighted by atomic mass is 10.1. The largest absolute Gasteiger partial charge is 0.342 e. The molecule has 0 amide bonds. The summed E-state index contributed by atoms with van der Waals surface area (Å²) in [4.78, 5) is 1.14. The standard InChI is InChI=1S/C23H19ClFNS/c1-16-9-11-17(12-10-16)13-26-14-23(18-5-2-3-8-22(18)26)27-15-19-20(24)6-4-7-21(19)25/h2-12,14H,13,15H2,1H3. The van der Waals surface area contributed by atoms with E-state index >= 15 is 0 Å². The molecule has 4 rings (SSSR count). The van der Waals surface area contributed by atoms with Crippen molar-refractivity contribution in [3.63, 3.8) is 0 Å². The van der Waals surface area contributed by atoms with Crippen LogP contribution in [0.2, 0.25) is 5.02 Å². The number of nitrogens with zero attached hydrogens (tertiary/aromatic N) is 1. The molecule has 0 radical (unpaired) electrons. The van der Waals surface area contributed by atoms with Crippen molar-refractivity contribution in [1.82, 2.24) is 4.57 Å². The second kappa shape index (κ2) is 7.79. The van der Waals surface area contributed by atoms with Crippen LogP contribution in [0.15, 0.2) is 77.8 Å². The maximum atomic E-state index is 14.1. The van der Waals surface area contributed by atoms with Crippen molar-refractivity contribution in [2.24, 2.45) is 0 Å². The summed E-state index contributed by atoms with van der Waals surface area (Å²) >= 11 is 7.80. The van der Waals surface area contributed by atoms with Gasteiger partial charge >= 0.3 is 0 Å². The minimum Gasteiger partial charge on any atom is -0.342 e. The number of rotatable bonds is 5. The first-order chi connectivity index (χ1) is 13.1. The lowest BCUT2D eigenvalue weighted by Crippen LogP contribution is -1.97. The van der Waals surface area contributed by atoms with E-state index in [0.717, 1.165) is 11.4 Å². The van der Waals surface area contributed by atoms with E-state index in [1.807, 2.05) is 6.07 Å². The number of hydrogen-bond donors (Lipinski definition) is 0. The Morgan fingerprint density at radius 2 is 1.74 bits per heavy atom. The van der Waals surface area contributed by atoms with E-state index in [-0.39, 0.29) is 5.82 Å². The third kappa shape index (κ3) is 3.90. The molecule has 1 heterocycles. The Morgan fingerprint density at radius 1 is 0.963 bits per heavy atom. The molecule has 0 aliphatic carbocycles. The van der Waals surface area contributed by atoms with Gasteiger partial charge < -0.3 is 4.57 Å². The molecule has 0 aliphatic heterocycles. The van der Waals surface area contributed by atoms with Gasteiger partial charge in [-0.25, -0.2) is 4.39 Å². The zero-order chi connectivity index (χ0) is 18.8. The van der Waals surface area contributed by atoms with Crippen molar-refractivity contribution in [1.29, 1.82) is 0 Å². The van der Waals surface area contributed by atoms with Crippen LogP contribution in [-0.2, 0) is 12.3 Å². The molecule has 0 spiro atoms. The molecule has 4 heteroatoms. The van der Waals surface area contributed by atoms with Crippen molar-refractivity contribution in [2.45, 2.75) is 24.1 Å². The van der Waals surface area contributed by atoms with Crippen LogP contribution in [0.5, 0.6) is 0 Å². The summed E-state index contributed by atoms with van der Waals surface area (Å²) < 4.78 is 16.3. The molecular weight excluding hydrogens is 377 g/mol. The van der Waals surface area contributed by atoms with Crippen molar-refractivity contribution in [3.8, 4) is 0 Å². The monoisotopic (exact) mass is 395 g/mol. The summed E-state index contributed by atoms with van der Waals surface area (Å²) in [5.74, 6) is 0.253. The van der Waals surface area contributed by atoms with Gasteiger partial charge in [0.05, 0.1) is 0 Å². The van der Waals surface area contributed by atoms with Gasteiger partial charge in [-0.15, -0.1) is 11.8 Å². The molecule has 0 atom stereocenters. The van der Waals surface area contributed by atoms with Crippen LogP contribution in [-0.4, -0.2) is 4.57 Å². The van der Waals surface area contributed by atoms with E-state index in [0.29, 0.717) is 16.3 Å². The maximum absolute atomic E-state index is 14.1.